The molecule has 0 fully saturated rings. The van der Waals surface area contributed by atoms with Gasteiger partial charge in [-0.15, -0.1) is 0 Å². The predicted octanol–water partition coefficient (Wildman–Crippen LogP) is 4.87. The maximum Gasteiger partial charge on any atom is 0.116 e. The van der Waals surface area contributed by atoms with E-state index >= 15 is 0 Å². The van der Waals surface area contributed by atoms with Crippen LogP contribution in [0.3, 0.4) is 0 Å². The van der Waals surface area contributed by atoms with Crippen molar-refractivity contribution in [3.8, 4) is 5.75 Å². The van der Waals surface area contributed by atoms with Crippen LogP contribution < -0.4 is 0 Å². The molecular weight excluding hydrogens is 270 g/mol. The highest BCUT2D eigenvalue weighted by Crippen LogP contribution is 2.23. The molecule has 3 rings (SSSR count). The smallest absolute Gasteiger partial charge is 0.116 e. The molecule has 0 saturated carbocycles. The van der Waals surface area contributed by atoms with E-state index in [1.54, 1.807) is 12.1 Å². The molecular formula is C20H21NO. The number of aromatic nitrogens is 1. The third-order valence-corrected chi connectivity index (χ3v) is 4.04. The third kappa shape index (κ3) is 3.28. The van der Waals surface area contributed by atoms with Gasteiger partial charge in [-0.25, -0.2) is 0 Å². The van der Waals surface area contributed by atoms with E-state index in [1.807, 2.05) is 18.3 Å². The first-order valence-electron chi connectivity index (χ1n) is 7.90. The Morgan fingerprint density at radius 3 is 2.50 bits per heavy atom. The molecule has 0 aliphatic heterocycles. The second-order valence-electron chi connectivity index (χ2n) is 5.76. The Morgan fingerprint density at radius 2 is 1.73 bits per heavy atom. The SMILES string of the molecule is CCCCc1ccc(Cc2nccc3cc(O)ccc23)cc1. The Kier molecular flexibility index (Phi) is 4.38. The van der Waals surface area contributed by atoms with E-state index in [1.165, 1.54) is 24.0 Å². The number of aromatic hydroxyl groups is 1. The van der Waals surface area contributed by atoms with Gasteiger partial charge in [0.05, 0.1) is 5.69 Å². The highest BCUT2D eigenvalue weighted by molar-refractivity contribution is 5.85. The summed E-state index contributed by atoms with van der Waals surface area (Å²) in [5, 5.41) is 11.7. The minimum Gasteiger partial charge on any atom is -0.508 e. The Bertz CT molecular complexity index is 762. The number of phenolic OH excluding ortho intramolecular Hbond substituents is 1. The standard InChI is InChI=1S/C20H21NO/c1-2-3-4-15-5-7-16(8-6-15)13-20-19-10-9-18(22)14-17(19)11-12-21-20/h5-12,14,22H,2-4,13H2,1H3. The zero-order chi connectivity index (χ0) is 15.4. The normalized spacial score (nSPS) is 11.0. The van der Waals surface area contributed by atoms with E-state index in [0.29, 0.717) is 5.75 Å². The lowest BCUT2D eigenvalue weighted by Crippen LogP contribution is -1.94. The molecule has 0 unspecified atom stereocenters. The minimum absolute atomic E-state index is 0.296. The highest BCUT2D eigenvalue weighted by atomic mass is 16.3. The van der Waals surface area contributed by atoms with Crippen molar-refractivity contribution in [1.29, 1.82) is 0 Å². The molecule has 1 aromatic heterocycles. The molecule has 0 bridgehead atoms. The molecule has 0 amide bonds. The third-order valence-electron chi connectivity index (χ3n) is 4.04. The van der Waals surface area contributed by atoms with E-state index in [4.69, 9.17) is 0 Å². The Morgan fingerprint density at radius 1 is 0.955 bits per heavy atom. The van der Waals surface area contributed by atoms with Crippen molar-refractivity contribution in [2.45, 2.75) is 32.6 Å². The van der Waals surface area contributed by atoms with Gasteiger partial charge in [0, 0.05) is 18.0 Å². The number of hydrogen-bond donors (Lipinski definition) is 1. The summed E-state index contributed by atoms with van der Waals surface area (Å²) in [6.45, 7) is 2.22. The fraction of sp³-hybridized carbons (Fsp3) is 0.250. The maximum absolute atomic E-state index is 9.59. The fourth-order valence-corrected chi connectivity index (χ4v) is 2.77. The zero-order valence-corrected chi connectivity index (χ0v) is 12.9. The van der Waals surface area contributed by atoms with Gasteiger partial charge >= 0.3 is 0 Å². The van der Waals surface area contributed by atoms with Crippen LogP contribution >= 0.6 is 0 Å². The topological polar surface area (TPSA) is 33.1 Å². The zero-order valence-electron chi connectivity index (χ0n) is 12.9. The van der Waals surface area contributed by atoms with Crippen LogP contribution in [-0.4, -0.2) is 10.1 Å². The van der Waals surface area contributed by atoms with Gasteiger partial charge in [0.15, 0.2) is 0 Å². The molecule has 22 heavy (non-hydrogen) atoms. The maximum atomic E-state index is 9.59. The van der Waals surface area contributed by atoms with Gasteiger partial charge in [0.25, 0.3) is 0 Å². The lowest BCUT2D eigenvalue weighted by atomic mass is 10.0. The summed E-state index contributed by atoms with van der Waals surface area (Å²) in [7, 11) is 0. The average molecular weight is 291 g/mol. The van der Waals surface area contributed by atoms with Crippen LogP contribution in [0.1, 0.15) is 36.6 Å². The molecule has 0 spiro atoms. The van der Waals surface area contributed by atoms with Crippen LogP contribution in [0.5, 0.6) is 5.75 Å². The molecule has 2 aromatic carbocycles. The van der Waals surface area contributed by atoms with E-state index in [2.05, 4.69) is 36.2 Å². The molecule has 0 aliphatic carbocycles. The van der Waals surface area contributed by atoms with Gasteiger partial charge in [0.1, 0.15) is 5.75 Å². The molecule has 1 N–H and O–H groups in total. The van der Waals surface area contributed by atoms with Crippen molar-refractivity contribution < 1.29 is 5.11 Å². The van der Waals surface area contributed by atoms with Gasteiger partial charge in [-0.3, -0.25) is 4.98 Å². The van der Waals surface area contributed by atoms with Crippen LogP contribution in [0, 0.1) is 0 Å². The number of aryl methyl sites for hydroxylation is 1. The Labute approximate surface area is 131 Å². The molecule has 2 heteroatoms. The van der Waals surface area contributed by atoms with Crippen LogP contribution in [0.4, 0.5) is 0 Å². The quantitative estimate of drug-likeness (QED) is 0.727. The number of pyridine rings is 1. The summed E-state index contributed by atoms with van der Waals surface area (Å²) in [5.41, 5.74) is 3.73. The van der Waals surface area contributed by atoms with Crippen molar-refractivity contribution in [1.82, 2.24) is 4.98 Å². The Hall–Kier alpha value is -2.35. The number of fused-ring (bicyclic) bond motifs is 1. The summed E-state index contributed by atoms with van der Waals surface area (Å²) >= 11 is 0. The molecule has 0 saturated heterocycles. The molecule has 0 radical (unpaired) electrons. The molecule has 1 heterocycles. The van der Waals surface area contributed by atoms with Gasteiger partial charge < -0.3 is 5.11 Å². The van der Waals surface area contributed by atoms with E-state index in [-0.39, 0.29) is 0 Å². The van der Waals surface area contributed by atoms with Gasteiger partial charge in [-0.2, -0.15) is 0 Å². The average Bonchev–Trinajstić information content (AvgIpc) is 2.54. The molecule has 112 valence electrons. The van der Waals surface area contributed by atoms with Crippen LogP contribution in [0.2, 0.25) is 0 Å². The number of phenols is 1. The van der Waals surface area contributed by atoms with Crippen molar-refractivity contribution in [2.75, 3.05) is 0 Å². The summed E-state index contributed by atoms with van der Waals surface area (Å²) < 4.78 is 0. The minimum atomic E-state index is 0.296. The second-order valence-corrected chi connectivity index (χ2v) is 5.76. The lowest BCUT2D eigenvalue weighted by Gasteiger charge is -2.07. The first-order chi connectivity index (χ1) is 10.8. The second kappa shape index (κ2) is 6.61. The van der Waals surface area contributed by atoms with E-state index in [0.717, 1.165) is 29.3 Å². The summed E-state index contributed by atoms with van der Waals surface area (Å²) in [4.78, 5) is 4.52. The number of unbranched alkanes of at least 4 members (excludes halogenated alkanes) is 1. The monoisotopic (exact) mass is 291 g/mol. The van der Waals surface area contributed by atoms with Crippen molar-refractivity contribution in [2.24, 2.45) is 0 Å². The van der Waals surface area contributed by atoms with E-state index < -0.39 is 0 Å². The summed E-state index contributed by atoms with van der Waals surface area (Å²) in [6.07, 6.45) is 6.26. The highest BCUT2D eigenvalue weighted by Gasteiger charge is 2.05. The predicted molar refractivity (Wildman–Crippen MR) is 91.3 cm³/mol. The molecule has 0 aliphatic rings. The van der Waals surface area contributed by atoms with Crippen LogP contribution in [0.25, 0.3) is 10.8 Å². The fourth-order valence-electron chi connectivity index (χ4n) is 2.77. The van der Waals surface area contributed by atoms with E-state index in [9.17, 15) is 5.11 Å². The van der Waals surface area contributed by atoms with Crippen molar-refractivity contribution in [3.63, 3.8) is 0 Å². The largest absolute Gasteiger partial charge is 0.508 e. The first kappa shape index (κ1) is 14.6. The van der Waals surface area contributed by atoms with Crippen LogP contribution in [-0.2, 0) is 12.8 Å². The number of nitrogens with zero attached hydrogens (tertiary/aromatic N) is 1. The number of hydrogen-bond acceptors (Lipinski definition) is 2. The first-order valence-corrected chi connectivity index (χ1v) is 7.90. The Balaban J connectivity index is 1.84. The number of benzene rings is 2. The summed E-state index contributed by atoms with van der Waals surface area (Å²) in [5.74, 6) is 0.296. The van der Waals surface area contributed by atoms with Gasteiger partial charge in [-0.1, -0.05) is 37.6 Å². The molecule has 0 atom stereocenters. The van der Waals surface area contributed by atoms with Crippen molar-refractivity contribution >= 4 is 10.8 Å². The van der Waals surface area contributed by atoms with Crippen LogP contribution in [0.15, 0.2) is 54.7 Å². The lowest BCUT2D eigenvalue weighted by molar-refractivity contribution is 0.476. The molecule has 2 nitrogen and oxygen atoms in total. The summed E-state index contributed by atoms with van der Waals surface area (Å²) in [6, 6.07) is 16.2. The van der Waals surface area contributed by atoms with Gasteiger partial charge in [-0.05, 0) is 53.6 Å². The number of rotatable bonds is 5. The van der Waals surface area contributed by atoms with Crippen molar-refractivity contribution in [3.05, 3.63) is 71.5 Å². The van der Waals surface area contributed by atoms with Gasteiger partial charge in [0.2, 0.25) is 0 Å². The molecule has 3 aromatic rings.